The fourth-order valence-electron chi connectivity index (χ4n) is 2.79. The molecule has 138 valence electrons. The molecule has 0 radical (unpaired) electrons. The fraction of sp³-hybridized carbons (Fsp3) is 0.571. The molecule has 0 atom stereocenters. The van der Waals surface area contributed by atoms with Gasteiger partial charge in [0.15, 0.2) is 0 Å². The molecule has 1 aromatic rings. The molecule has 1 aromatic carbocycles. The first-order valence-corrected chi connectivity index (χ1v) is 7.61. The highest BCUT2D eigenvalue weighted by Gasteiger charge is 2.32. The second kappa shape index (κ2) is 7.64. The third-order valence-electron chi connectivity index (χ3n) is 4.08. The Morgan fingerprint density at radius 3 is 2.32 bits per heavy atom. The van der Waals surface area contributed by atoms with Gasteiger partial charge in [0.2, 0.25) is 0 Å². The Morgan fingerprint density at radius 1 is 1.16 bits per heavy atom. The van der Waals surface area contributed by atoms with Crippen LogP contribution in [0.1, 0.15) is 12.8 Å². The van der Waals surface area contributed by atoms with Crippen molar-refractivity contribution >= 4 is 17.1 Å². The number of nitro benzene ring substituents is 2. The van der Waals surface area contributed by atoms with Crippen molar-refractivity contribution < 1.29 is 23.0 Å². The van der Waals surface area contributed by atoms with Crippen molar-refractivity contribution in [1.29, 1.82) is 0 Å². The number of anilines is 1. The minimum absolute atomic E-state index is 0.0827. The van der Waals surface area contributed by atoms with E-state index in [0.29, 0.717) is 32.5 Å². The van der Waals surface area contributed by atoms with Crippen molar-refractivity contribution in [2.45, 2.75) is 19.0 Å². The van der Waals surface area contributed by atoms with Gasteiger partial charge in [-0.05, 0) is 37.9 Å². The molecule has 0 unspecified atom stereocenters. The number of rotatable bonds is 6. The minimum atomic E-state index is -4.22. The summed E-state index contributed by atoms with van der Waals surface area (Å²) in [5, 5.41) is 24.6. The van der Waals surface area contributed by atoms with Crippen LogP contribution in [0.15, 0.2) is 18.2 Å². The molecule has 11 heteroatoms. The molecular weight excluding hydrogens is 345 g/mol. The van der Waals surface area contributed by atoms with Gasteiger partial charge in [-0.15, -0.1) is 0 Å². The number of benzene rings is 1. The van der Waals surface area contributed by atoms with Crippen LogP contribution >= 0.6 is 0 Å². The summed E-state index contributed by atoms with van der Waals surface area (Å²) < 4.78 is 37.1. The third kappa shape index (κ3) is 5.55. The molecular formula is C14H17F3N4O4. The van der Waals surface area contributed by atoms with Crippen LogP contribution in [0.4, 0.5) is 30.2 Å². The summed E-state index contributed by atoms with van der Waals surface area (Å²) in [5.41, 5.74) is -0.616. The van der Waals surface area contributed by atoms with Crippen LogP contribution in [0, 0.1) is 26.1 Å². The lowest BCUT2D eigenvalue weighted by Gasteiger charge is -2.32. The van der Waals surface area contributed by atoms with Crippen LogP contribution < -0.4 is 5.32 Å². The highest BCUT2D eigenvalue weighted by Crippen LogP contribution is 2.30. The summed E-state index contributed by atoms with van der Waals surface area (Å²) in [5.74, 6) is 0.0827. The summed E-state index contributed by atoms with van der Waals surface area (Å²) in [4.78, 5) is 21.7. The van der Waals surface area contributed by atoms with Crippen molar-refractivity contribution in [2.24, 2.45) is 5.92 Å². The van der Waals surface area contributed by atoms with Crippen LogP contribution in [-0.4, -0.2) is 47.1 Å². The Kier molecular flexibility index (Phi) is 5.77. The second-order valence-corrected chi connectivity index (χ2v) is 5.93. The predicted molar refractivity (Wildman–Crippen MR) is 83.5 cm³/mol. The van der Waals surface area contributed by atoms with Crippen molar-refractivity contribution in [1.82, 2.24) is 4.90 Å². The number of nitro groups is 2. The van der Waals surface area contributed by atoms with Crippen molar-refractivity contribution in [3.8, 4) is 0 Å². The number of nitrogens with zero attached hydrogens (tertiary/aromatic N) is 3. The normalized spacial score (nSPS) is 16.6. The largest absolute Gasteiger partial charge is 0.401 e. The molecule has 1 fully saturated rings. The molecule has 0 amide bonds. The van der Waals surface area contributed by atoms with E-state index >= 15 is 0 Å². The van der Waals surface area contributed by atoms with E-state index in [1.165, 1.54) is 17.0 Å². The van der Waals surface area contributed by atoms with E-state index in [0.717, 1.165) is 6.07 Å². The van der Waals surface area contributed by atoms with Gasteiger partial charge in [-0.3, -0.25) is 25.1 Å². The number of hydrogen-bond donors (Lipinski definition) is 1. The summed E-state index contributed by atoms with van der Waals surface area (Å²) in [7, 11) is 0. The van der Waals surface area contributed by atoms with E-state index in [9.17, 15) is 33.4 Å². The Morgan fingerprint density at radius 2 is 1.80 bits per heavy atom. The average Bonchev–Trinajstić information content (AvgIpc) is 2.52. The number of hydrogen-bond acceptors (Lipinski definition) is 6. The van der Waals surface area contributed by atoms with Gasteiger partial charge in [0, 0.05) is 12.6 Å². The maximum absolute atomic E-state index is 12.4. The van der Waals surface area contributed by atoms with E-state index in [1.807, 2.05) is 0 Å². The number of non-ortho nitro benzene ring substituents is 1. The number of alkyl halides is 3. The van der Waals surface area contributed by atoms with Crippen LogP contribution in [0.25, 0.3) is 0 Å². The Balaban J connectivity index is 1.92. The van der Waals surface area contributed by atoms with Gasteiger partial charge in [0.05, 0.1) is 22.5 Å². The Hall–Kier alpha value is -2.43. The van der Waals surface area contributed by atoms with Gasteiger partial charge in [-0.1, -0.05) is 0 Å². The molecule has 0 aromatic heterocycles. The number of piperidine rings is 1. The number of nitrogens with one attached hydrogen (secondary N) is 1. The van der Waals surface area contributed by atoms with Gasteiger partial charge < -0.3 is 5.32 Å². The minimum Gasteiger partial charge on any atom is -0.379 e. The van der Waals surface area contributed by atoms with Crippen molar-refractivity contribution in [3.63, 3.8) is 0 Å². The summed E-state index contributed by atoms with van der Waals surface area (Å²) in [6.45, 7) is 0.0574. The van der Waals surface area contributed by atoms with Crippen LogP contribution in [0.2, 0.25) is 0 Å². The molecule has 2 rings (SSSR count). The molecule has 1 aliphatic heterocycles. The molecule has 1 aliphatic rings. The lowest BCUT2D eigenvalue weighted by Crippen LogP contribution is -2.41. The molecule has 0 saturated carbocycles. The quantitative estimate of drug-likeness (QED) is 0.616. The topological polar surface area (TPSA) is 102 Å². The maximum atomic E-state index is 12.4. The van der Waals surface area contributed by atoms with E-state index in [1.54, 1.807) is 0 Å². The van der Waals surface area contributed by atoms with Crippen LogP contribution in [0.5, 0.6) is 0 Å². The summed E-state index contributed by atoms with van der Waals surface area (Å²) >= 11 is 0. The van der Waals surface area contributed by atoms with E-state index in [-0.39, 0.29) is 17.3 Å². The highest BCUT2D eigenvalue weighted by atomic mass is 19.4. The molecule has 1 heterocycles. The monoisotopic (exact) mass is 362 g/mol. The van der Waals surface area contributed by atoms with Gasteiger partial charge >= 0.3 is 6.18 Å². The van der Waals surface area contributed by atoms with Gasteiger partial charge in [-0.2, -0.15) is 13.2 Å². The van der Waals surface area contributed by atoms with Crippen LogP contribution in [-0.2, 0) is 0 Å². The summed E-state index contributed by atoms with van der Waals surface area (Å²) in [6, 6.07) is 3.32. The van der Waals surface area contributed by atoms with E-state index in [4.69, 9.17) is 0 Å². The molecule has 8 nitrogen and oxygen atoms in total. The van der Waals surface area contributed by atoms with Crippen molar-refractivity contribution in [2.75, 3.05) is 31.5 Å². The van der Waals surface area contributed by atoms with E-state index in [2.05, 4.69) is 5.32 Å². The van der Waals surface area contributed by atoms with Gasteiger partial charge in [-0.25, -0.2) is 0 Å². The molecule has 0 aliphatic carbocycles. The van der Waals surface area contributed by atoms with E-state index < -0.39 is 28.3 Å². The van der Waals surface area contributed by atoms with Crippen LogP contribution in [0.3, 0.4) is 0 Å². The first-order chi connectivity index (χ1) is 11.7. The smallest absolute Gasteiger partial charge is 0.379 e. The first kappa shape index (κ1) is 18.9. The predicted octanol–water partition coefficient (Wildman–Crippen LogP) is 3.19. The first-order valence-electron chi connectivity index (χ1n) is 7.61. The standard InChI is InChI=1S/C14H17F3N4O4/c15-14(16,17)9-19-5-3-10(4-6-19)8-18-12-2-1-11(20(22)23)7-13(12)21(24)25/h1-2,7,10,18H,3-6,8-9H2. The SMILES string of the molecule is O=[N+]([O-])c1ccc(NCC2CCN(CC(F)(F)F)CC2)c([N+](=O)[O-])c1. The highest BCUT2D eigenvalue weighted by molar-refractivity contribution is 5.65. The van der Waals surface area contributed by atoms with Gasteiger partial charge in [0.25, 0.3) is 11.4 Å². The van der Waals surface area contributed by atoms with Crippen molar-refractivity contribution in [3.05, 3.63) is 38.4 Å². The molecule has 0 bridgehead atoms. The maximum Gasteiger partial charge on any atom is 0.401 e. The van der Waals surface area contributed by atoms with Gasteiger partial charge in [0.1, 0.15) is 5.69 Å². The second-order valence-electron chi connectivity index (χ2n) is 5.93. The lowest BCUT2D eigenvalue weighted by molar-refractivity contribution is -0.393. The molecule has 1 saturated heterocycles. The zero-order valence-corrected chi connectivity index (χ0v) is 13.2. The Bertz CT molecular complexity index is 645. The molecule has 0 spiro atoms. The zero-order chi connectivity index (χ0) is 18.6. The zero-order valence-electron chi connectivity index (χ0n) is 13.2. The summed E-state index contributed by atoms with van der Waals surface area (Å²) in [6.07, 6.45) is -3.13. The number of likely N-dealkylation sites (tertiary alicyclic amines) is 1. The third-order valence-corrected chi connectivity index (χ3v) is 4.08. The fourth-order valence-corrected chi connectivity index (χ4v) is 2.79. The average molecular weight is 362 g/mol. The number of halogens is 3. The lowest BCUT2D eigenvalue weighted by atomic mass is 9.96. The molecule has 1 N–H and O–H groups in total. The molecule has 25 heavy (non-hydrogen) atoms. The Labute approximate surface area is 140 Å².